The quantitative estimate of drug-likeness (QED) is 0.774. The highest BCUT2D eigenvalue weighted by Gasteiger charge is 2.41. The molecule has 2 N–H and O–H groups in total. The molecule has 0 aromatic carbocycles. The molecule has 104 valence electrons. The van der Waals surface area contributed by atoms with Crippen molar-refractivity contribution < 1.29 is 26.3 Å². The Morgan fingerprint density at radius 1 is 1.17 bits per heavy atom. The van der Waals surface area contributed by atoms with Crippen LogP contribution < -0.4 is 5.73 Å². The summed E-state index contributed by atoms with van der Waals surface area (Å²) < 4.78 is 73.4. The molecule has 0 bridgehead atoms. The molecule has 0 unspecified atom stereocenters. The van der Waals surface area contributed by atoms with Gasteiger partial charge >= 0.3 is 12.4 Å². The molecule has 1 rings (SSSR count). The van der Waals surface area contributed by atoms with E-state index in [-0.39, 0.29) is 22.9 Å². The molecule has 0 amide bonds. The minimum atomic E-state index is -4.83. The van der Waals surface area contributed by atoms with Crippen LogP contribution in [0.1, 0.15) is 17.3 Å². The molecule has 18 heavy (non-hydrogen) atoms. The summed E-state index contributed by atoms with van der Waals surface area (Å²) in [7, 11) is 0. The van der Waals surface area contributed by atoms with Gasteiger partial charge in [0.1, 0.15) is 11.7 Å². The summed E-state index contributed by atoms with van der Waals surface area (Å²) in [4.78, 5) is 2.98. The van der Waals surface area contributed by atoms with Crippen LogP contribution in [-0.4, -0.2) is 11.2 Å². The van der Waals surface area contributed by atoms with Gasteiger partial charge in [0.15, 0.2) is 0 Å². The van der Waals surface area contributed by atoms with Crippen molar-refractivity contribution in [3.63, 3.8) is 0 Å². The highest BCUT2D eigenvalue weighted by Crippen LogP contribution is 2.37. The van der Waals surface area contributed by atoms with Crippen molar-refractivity contribution in [1.29, 1.82) is 0 Å². The summed E-state index contributed by atoms with van der Waals surface area (Å²) in [5, 5.41) is 0. The highest BCUT2D eigenvalue weighted by molar-refractivity contribution is 9.10. The van der Waals surface area contributed by atoms with Gasteiger partial charge in [0.25, 0.3) is 0 Å². The van der Waals surface area contributed by atoms with Gasteiger partial charge in [0, 0.05) is 10.7 Å². The second kappa shape index (κ2) is 5.62. The predicted molar refractivity (Wildman–Crippen MR) is 57.2 cm³/mol. The number of rotatable bonds is 1. The lowest BCUT2D eigenvalue weighted by atomic mass is 10.1. The Morgan fingerprint density at radius 3 is 2.06 bits per heavy atom. The first-order chi connectivity index (χ1) is 7.53. The van der Waals surface area contributed by atoms with Crippen molar-refractivity contribution in [3.8, 4) is 0 Å². The van der Waals surface area contributed by atoms with Gasteiger partial charge < -0.3 is 5.73 Å². The molecular weight excluding hydrogens is 353 g/mol. The fourth-order valence-electron chi connectivity index (χ4n) is 1.02. The molecule has 2 nitrogen and oxygen atoms in total. The summed E-state index contributed by atoms with van der Waals surface area (Å²) in [6.07, 6.45) is -9.00. The second-order valence-electron chi connectivity index (χ2n) is 3.11. The molecule has 0 aliphatic carbocycles. The van der Waals surface area contributed by atoms with Crippen LogP contribution in [0.15, 0.2) is 16.7 Å². The van der Waals surface area contributed by atoms with Gasteiger partial charge in [0.05, 0.1) is 0 Å². The molecule has 10 heteroatoms. The molecular formula is C8H6BrClF6N2. The third-order valence-corrected chi connectivity index (χ3v) is 2.53. The van der Waals surface area contributed by atoms with Crippen molar-refractivity contribution in [2.45, 2.75) is 18.4 Å². The van der Waals surface area contributed by atoms with Crippen LogP contribution in [0.25, 0.3) is 0 Å². The fourth-order valence-corrected chi connectivity index (χ4v) is 1.49. The lowest BCUT2D eigenvalue weighted by Crippen LogP contribution is -2.29. The average molecular weight is 359 g/mol. The van der Waals surface area contributed by atoms with E-state index in [0.29, 0.717) is 6.20 Å². The zero-order chi connectivity index (χ0) is 13.4. The van der Waals surface area contributed by atoms with E-state index >= 15 is 0 Å². The second-order valence-corrected chi connectivity index (χ2v) is 3.96. The van der Waals surface area contributed by atoms with E-state index in [4.69, 9.17) is 5.73 Å². The highest BCUT2D eigenvalue weighted by atomic mass is 79.9. The lowest BCUT2D eigenvalue weighted by molar-refractivity contribution is -0.151. The Bertz CT molecular complexity index is 419. The van der Waals surface area contributed by atoms with E-state index in [1.54, 1.807) is 0 Å². The summed E-state index contributed by atoms with van der Waals surface area (Å²) >= 11 is 2.68. The van der Waals surface area contributed by atoms with Crippen molar-refractivity contribution in [2.75, 3.05) is 0 Å². The first kappa shape index (κ1) is 17.5. The molecule has 1 aromatic heterocycles. The SMILES string of the molecule is Cl.N[C@@H](c1cc(C(F)(F)F)ncc1Br)C(F)(F)F. The fraction of sp³-hybridized carbons (Fsp3) is 0.375. The molecule has 0 aliphatic rings. The van der Waals surface area contributed by atoms with Gasteiger partial charge in [0.2, 0.25) is 0 Å². The van der Waals surface area contributed by atoms with Crippen molar-refractivity contribution in [2.24, 2.45) is 5.73 Å². The van der Waals surface area contributed by atoms with Gasteiger partial charge in [-0.15, -0.1) is 12.4 Å². The normalized spacial score (nSPS) is 14.0. The van der Waals surface area contributed by atoms with Crippen LogP contribution in [0.3, 0.4) is 0 Å². The van der Waals surface area contributed by atoms with Gasteiger partial charge in [-0.1, -0.05) is 0 Å². The number of nitrogens with zero attached hydrogens (tertiary/aromatic N) is 1. The Kier molecular flexibility index (Phi) is 5.45. The maximum atomic E-state index is 12.3. The summed E-state index contributed by atoms with van der Waals surface area (Å²) in [6.45, 7) is 0. The van der Waals surface area contributed by atoms with Crippen LogP contribution in [0.5, 0.6) is 0 Å². The maximum Gasteiger partial charge on any atom is 0.433 e. The van der Waals surface area contributed by atoms with Crippen molar-refractivity contribution >= 4 is 28.3 Å². The van der Waals surface area contributed by atoms with E-state index in [1.165, 1.54) is 0 Å². The van der Waals surface area contributed by atoms with E-state index in [1.807, 2.05) is 0 Å². The summed E-state index contributed by atoms with van der Waals surface area (Å²) in [6, 6.07) is -2.22. The van der Waals surface area contributed by atoms with E-state index in [0.717, 1.165) is 0 Å². The minimum absolute atomic E-state index is 0. The van der Waals surface area contributed by atoms with E-state index in [2.05, 4.69) is 20.9 Å². The van der Waals surface area contributed by atoms with E-state index in [9.17, 15) is 26.3 Å². The van der Waals surface area contributed by atoms with E-state index < -0.39 is 29.7 Å². The molecule has 1 heterocycles. The molecule has 0 radical (unpaired) electrons. The van der Waals surface area contributed by atoms with Gasteiger partial charge in [-0.05, 0) is 27.6 Å². The topological polar surface area (TPSA) is 38.9 Å². The Morgan fingerprint density at radius 2 is 1.67 bits per heavy atom. The Hall–Kier alpha value is -0.540. The minimum Gasteiger partial charge on any atom is -0.316 e. The number of pyridine rings is 1. The van der Waals surface area contributed by atoms with Crippen molar-refractivity contribution in [3.05, 3.63) is 28.0 Å². The number of halogens is 8. The number of hydrogen-bond acceptors (Lipinski definition) is 2. The number of nitrogens with two attached hydrogens (primary N) is 1. The molecule has 0 saturated heterocycles. The Balaban J connectivity index is 0.00000289. The first-order valence-corrected chi connectivity index (χ1v) is 4.87. The van der Waals surface area contributed by atoms with Crippen LogP contribution in [0.2, 0.25) is 0 Å². The third kappa shape index (κ3) is 3.99. The molecule has 1 aromatic rings. The van der Waals surface area contributed by atoms with Crippen LogP contribution in [0, 0.1) is 0 Å². The maximum absolute atomic E-state index is 12.3. The van der Waals surface area contributed by atoms with Gasteiger partial charge in [-0.25, -0.2) is 0 Å². The van der Waals surface area contributed by atoms with Crippen LogP contribution in [-0.2, 0) is 6.18 Å². The first-order valence-electron chi connectivity index (χ1n) is 4.08. The summed E-state index contributed by atoms with van der Waals surface area (Å²) in [5.74, 6) is 0. The van der Waals surface area contributed by atoms with Gasteiger partial charge in [-0.2, -0.15) is 26.3 Å². The smallest absolute Gasteiger partial charge is 0.316 e. The number of aromatic nitrogens is 1. The molecule has 1 atom stereocenters. The molecule has 0 fully saturated rings. The molecule has 0 aliphatic heterocycles. The largest absolute Gasteiger partial charge is 0.433 e. The monoisotopic (exact) mass is 358 g/mol. The Labute approximate surface area is 112 Å². The zero-order valence-corrected chi connectivity index (χ0v) is 10.7. The summed E-state index contributed by atoms with van der Waals surface area (Å²) in [5.41, 5.74) is 2.71. The molecule has 0 spiro atoms. The number of alkyl halides is 6. The van der Waals surface area contributed by atoms with Crippen LogP contribution >= 0.6 is 28.3 Å². The number of hydrogen-bond donors (Lipinski definition) is 1. The third-order valence-electron chi connectivity index (χ3n) is 1.86. The zero-order valence-electron chi connectivity index (χ0n) is 8.31. The standard InChI is InChI=1S/C8H5BrF6N2.ClH/c9-4-2-17-5(7(10,11)12)1-3(4)6(16)8(13,14)15;/h1-2,6H,16H2;1H/t6-;/m0./s1. The molecule has 0 saturated carbocycles. The van der Waals surface area contributed by atoms with Crippen molar-refractivity contribution in [1.82, 2.24) is 4.98 Å². The van der Waals surface area contributed by atoms with Gasteiger partial charge in [-0.3, -0.25) is 4.98 Å². The predicted octanol–water partition coefficient (Wildman–Crippen LogP) is 3.85. The van der Waals surface area contributed by atoms with Crippen LogP contribution in [0.4, 0.5) is 26.3 Å². The lowest BCUT2D eigenvalue weighted by Gasteiger charge is -2.18. The average Bonchev–Trinajstić information content (AvgIpc) is 2.14.